The van der Waals surface area contributed by atoms with Crippen LogP contribution in [-0.2, 0) is 0 Å². The summed E-state index contributed by atoms with van der Waals surface area (Å²) in [6.45, 7) is 0. The zero-order valence-electron chi connectivity index (χ0n) is 7.95. The van der Waals surface area contributed by atoms with E-state index in [2.05, 4.69) is 15.2 Å². The predicted octanol–water partition coefficient (Wildman–Crippen LogP) is 0.740. The van der Waals surface area contributed by atoms with E-state index in [4.69, 9.17) is 0 Å². The zero-order chi connectivity index (χ0) is 11.5. The first-order valence-corrected chi connectivity index (χ1v) is 4.33. The van der Waals surface area contributed by atoms with Gasteiger partial charge in [-0.25, -0.2) is 10.1 Å². The standard InChI is InChI=1S/C9H6N4O3/c14-8-5-10-9(12-11-8)6-1-3-7(4-2-6)13(15)16/h1-5H,(H,11,14). The molecule has 0 saturated heterocycles. The van der Waals surface area contributed by atoms with Crippen molar-refractivity contribution in [2.45, 2.75) is 0 Å². The van der Waals surface area contributed by atoms with E-state index in [0.29, 0.717) is 11.4 Å². The number of nitro groups is 1. The molecule has 0 bridgehead atoms. The molecule has 7 nitrogen and oxygen atoms in total. The lowest BCUT2D eigenvalue weighted by molar-refractivity contribution is -0.384. The zero-order valence-corrected chi connectivity index (χ0v) is 7.95. The number of nitrogens with zero attached hydrogens (tertiary/aromatic N) is 3. The average molecular weight is 218 g/mol. The highest BCUT2D eigenvalue weighted by molar-refractivity contribution is 5.56. The molecule has 0 aliphatic carbocycles. The summed E-state index contributed by atoms with van der Waals surface area (Å²) in [6.07, 6.45) is 1.10. The largest absolute Gasteiger partial charge is 0.282 e. The second-order valence-corrected chi connectivity index (χ2v) is 2.97. The normalized spacial score (nSPS) is 10.0. The van der Waals surface area contributed by atoms with Gasteiger partial charge in [0.2, 0.25) is 0 Å². The van der Waals surface area contributed by atoms with Crippen LogP contribution >= 0.6 is 0 Å². The van der Waals surface area contributed by atoms with Gasteiger partial charge in [-0.1, -0.05) is 0 Å². The van der Waals surface area contributed by atoms with E-state index in [1.54, 1.807) is 0 Å². The van der Waals surface area contributed by atoms with E-state index in [1.165, 1.54) is 24.3 Å². The van der Waals surface area contributed by atoms with Crippen LogP contribution in [0.4, 0.5) is 5.69 Å². The summed E-state index contributed by atoms with van der Waals surface area (Å²) in [4.78, 5) is 24.5. The van der Waals surface area contributed by atoms with Crippen molar-refractivity contribution in [2.24, 2.45) is 0 Å². The maximum atomic E-state index is 10.7. The summed E-state index contributed by atoms with van der Waals surface area (Å²) in [6, 6.07) is 5.74. The third-order valence-electron chi connectivity index (χ3n) is 1.91. The molecule has 0 saturated carbocycles. The Balaban J connectivity index is 2.38. The van der Waals surface area contributed by atoms with Gasteiger partial charge in [0.25, 0.3) is 11.2 Å². The molecule has 0 aliphatic rings. The fourth-order valence-electron chi connectivity index (χ4n) is 1.16. The van der Waals surface area contributed by atoms with Crippen LogP contribution < -0.4 is 5.56 Å². The first kappa shape index (κ1) is 9.97. The Hall–Kier alpha value is -2.57. The van der Waals surface area contributed by atoms with Crippen molar-refractivity contribution in [2.75, 3.05) is 0 Å². The molecule has 0 atom stereocenters. The molecule has 0 unspecified atom stereocenters. The molecule has 1 aromatic heterocycles. The number of non-ortho nitro benzene ring substituents is 1. The molecule has 0 amide bonds. The highest BCUT2D eigenvalue weighted by Gasteiger charge is 2.06. The van der Waals surface area contributed by atoms with Crippen LogP contribution in [0.15, 0.2) is 35.3 Å². The number of aromatic nitrogens is 3. The van der Waals surface area contributed by atoms with Crippen LogP contribution in [-0.4, -0.2) is 20.1 Å². The number of hydrogen-bond donors (Lipinski definition) is 1. The van der Waals surface area contributed by atoms with Crippen LogP contribution in [0.5, 0.6) is 0 Å². The van der Waals surface area contributed by atoms with Crippen molar-refractivity contribution < 1.29 is 4.92 Å². The van der Waals surface area contributed by atoms with E-state index < -0.39 is 10.5 Å². The van der Waals surface area contributed by atoms with Gasteiger partial charge in [0, 0.05) is 17.7 Å². The van der Waals surface area contributed by atoms with E-state index >= 15 is 0 Å². The molecule has 7 heteroatoms. The summed E-state index contributed by atoms with van der Waals surface area (Å²) < 4.78 is 0. The third kappa shape index (κ3) is 1.92. The number of hydrogen-bond acceptors (Lipinski definition) is 5. The second-order valence-electron chi connectivity index (χ2n) is 2.97. The summed E-state index contributed by atoms with van der Waals surface area (Å²) >= 11 is 0. The Kier molecular flexibility index (Phi) is 2.42. The van der Waals surface area contributed by atoms with Gasteiger partial charge in [-0.3, -0.25) is 14.9 Å². The molecule has 0 fully saturated rings. The third-order valence-corrected chi connectivity index (χ3v) is 1.91. The lowest BCUT2D eigenvalue weighted by atomic mass is 10.2. The maximum absolute atomic E-state index is 10.7. The molecular weight excluding hydrogens is 212 g/mol. The number of nitrogens with one attached hydrogen (secondary N) is 1. The quantitative estimate of drug-likeness (QED) is 0.591. The predicted molar refractivity (Wildman–Crippen MR) is 54.7 cm³/mol. The Morgan fingerprint density at radius 2 is 1.94 bits per heavy atom. The maximum Gasteiger partial charge on any atom is 0.282 e. The van der Waals surface area contributed by atoms with Gasteiger partial charge in [-0.2, -0.15) is 5.10 Å². The van der Waals surface area contributed by atoms with Crippen LogP contribution in [0, 0.1) is 10.1 Å². The molecule has 2 aromatic rings. The number of benzene rings is 1. The summed E-state index contributed by atoms with van der Waals surface area (Å²) in [5, 5.41) is 16.4. The van der Waals surface area contributed by atoms with Crippen molar-refractivity contribution in [3.63, 3.8) is 0 Å². The van der Waals surface area contributed by atoms with Crippen molar-refractivity contribution in [1.29, 1.82) is 0 Å². The minimum absolute atomic E-state index is 0.00632. The number of nitro benzene ring substituents is 1. The first-order valence-electron chi connectivity index (χ1n) is 4.33. The highest BCUT2D eigenvalue weighted by atomic mass is 16.6. The van der Waals surface area contributed by atoms with Gasteiger partial charge in [0.05, 0.1) is 11.1 Å². The topological polar surface area (TPSA) is 102 Å². The van der Waals surface area contributed by atoms with Crippen molar-refractivity contribution in [3.05, 3.63) is 50.9 Å². The molecule has 0 spiro atoms. The average Bonchev–Trinajstić information content (AvgIpc) is 2.30. The van der Waals surface area contributed by atoms with Gasteiger partial charge in [-0.15, -0.1) is 0 Å². The molecule has 1 heterocycles. The summed E-state index contributed by atoms with van der Waals surface area (Å²) in [5.41, 5.74) is 0.195. The molecule has 0 radical (unpaired) electrons. The van der Waals surface area contributed by atoms with Crippen LogP contribution in [0.2, 0.25) is 0 Å². The highest BCUT2D eigenvalue weighted by Crippen LogP contribution is 2.17. The lowest BCUT2D eigenvalue weighted by Gasteiger charge is -1.97. The van der Waals surface area contributed by atoms with Crippen molar-refractivity contribution in [1.82, 2.24) is 15.2 Å². The Bertz CT molecular complexity index is 556. The van der Waals surface area contributed by atoms with Gasteiger partial charge >= 0.3 is 0 Å². The van der Waals surface area contributed by atoms with Crippen LogP contribution in [0.1, 0.15) is 0 Å². The van der Waals surface area contributed by atoms with Crippen LogP contribution in [0.3, 0.4) is 0 Å². The fraction of sp³-hybridized carbons (Fsp3) is 0. The Labute approximate surface area is 88.9 Å². The van der Waals surface area contributed by atoms with E-state index in [9.17, 15) is 14.9 Å². The second kappa shape index (κ2) is 3.89. The van der Waals surface area contributed by atoms with Crippen LogP contribution in [0.25, 0.3) is 11.4 Å². The molecule has 80 valence electrons. The number of rotatable bonds is 2. The van der Waals surface area contributed by atoms with Crippen molar-refractivity contribution in [3.8, 4) is 11.4 Å². The lowest BCUT2D eigenvalue weighted by Crippen LogP contribution is -2.08. The molecule has 1 N–H and O–H groups in total. The first-order chi connectivity index (χ1) is 7.66. The van der Waals surface area contributed by atoms with Gasteiger partial charge in [-0.05, 0) is 12.1 Å². The number of aromatic amines is 1. The SMILES string of the molecule is O=c1cnc(-c2ccc([N+](=O)[O-])cc2)n[nH]1. The summed E-state index contributed by atoms with van der Waals surface area (Å²) in [5.74, 6) is 0.314. The molecule has 2 rings (SSSR count). The minimum atomic E-state index is -0.489. The molecular formula is C9H6N4O3. The number of H-pyrrole nitrogens is 1. The van der Waals surface area contributed by atoms with E-state index in [0.717, 1.165) is 6.20 Å². The molecule has 16 heavy (non-hydrogen) atoms. The monoisotopic (exact) mass is 218 g/mol. The van der Waals surface area contributed by atoms with Gasteiger partial charge < -0.3 is 0 Å². The molecule has 1 aromatic carbocycles. The van der Waals surface area contributed by atoms with Gasteiger partial charge in [0.1, 0.15) is 0 Å². The smallest absolute Gasteiger partial charge is 0.266 e. The van der Waals surface area contributed by atoms with E-state index in [-0.39, 0.29) is 5.69 Å². The minimum Gasteiger partial charge on any atom is -0.266 e. The molecule has 0 aliphatic heterocycles. The Morgan fingerprint density at radius 3 is 2.44 bits per heavy atom. The Morgan fingerprint density at radius 1 is 1.25 bits per heavy atom. The van der Waals surface area contributed by atoms with Gasteiger partial charge in [0.15, 0.2) is 5.82 Å². The fourth-order valence-corrected chi connectivity index (χ4v) is 1.16. The van der Waals surface area contributed by atoms with E-state index in [1.807, 2.05) is 0 Å². The van der Waals surface area contributed by atoms with Crippen molar-refractivity contribution >= 4 is 5.69 Å². The summed E-state index contributed by atoms with van der Waals surface area (Å²) in [7, 11) is 0.